The van der Waals surface area contributed by atoms with Gasteiger partial charge in [0.05, 0.1) is 65.1 Å². The van der Waals surface area contributed by atoms with E-state index in [-0.39, 0.29) is 37.8 Å². The molecule has 1 N–H and O–H groups in total. The summed E-state index contributed by atoms with van der Waals surface area (Å²) in [5.74, 6) is 6.14. The number of carbonyl (C=O) groups is 2. The zero-order valence-corrected chi connectivity index (χ0v) is 22.5. The molecule has 0 radical (unpaired) electrons. The van der Waals surface area contributed by atoms with Crippen LogP contribution in [0, 0.1) is 11.8 Å². The fourth-order valence-corrected chi connectivity index (χ4v) is 3.82. The van der Waals surface area contributed by atoms with E-state index in [1.165, 1.54) is 0 Å². The van der Waals surface area contributed by atoms with Crippen molar-refractivity contribution in [3.63, 3.8) is 0 Å². The summed E-state index contributed by atoms with van der Waals surface area (Å²) in [5, 5.41) is 6.17. The van der Waals surface area contributed by atoms with Crippen LogP contribution in [0.2, 0.25) is 0 Å². The first-order valence-electron chi connectivity index (χ1n) is 13.3. The summed E-state index contributed by atoms with van der Waals surface area (Å²) in [6, 6.07) is 15.4. The van der Waals surface area contributed by atoms with Gasteiger partial charge in [0.25, 0.3) is 0 Å². The van der Waals surface area contributed by atoms with Crippen molar-refractivity contribution in [1.29, 1.82) is 0 Å². The monoisotopic (exact) mass is 549 g/mol. The van der Waals surface area contributed by atoms with Crippen LogP contribution in [-0.4, -0.2) is 77.8 Å². The van der Waals surface area contributed by atoms with Gasteiger partial charge in [0.15, 0.2) is 0 Å². The first kappa shape index (κ1) is 30.6. The Labute approximate surface area is 234 Å². The van der Waals surface area contributed by atoms with Crippen molar-refractivity contribution in [2.75, 3.05) is 70.8 Å². The van der Waals surface area contributed by atoms with Gasteiger partial charge in [-0.1, -0.05) is 47.3 Å². The highest BCUT2D eigenvalue weighted by molar-refractivity contribution is 5.95. The van der Waals surface area contributed by atoms with E-state index in [1.807, 2.05) is 48.5 Å². The summed E-state index contributed by atoms with van der Waals surface area (Å²) in [6.45, 7) is 4.09. The van der Waals surface area contributed by atoms with E-state index in [1.54, 1.807) is 4.90 Å². The van der Waals surface area contributed by atoms with Crippen molar-refractivity contribution in [1.82, 2.24) is 5.32 Å². The second-order valence-corrected chi connectivity index (χ2v) is 8.66. The van der Waals surface area contributed by atoms with Crippen LogP contribution in [0.3, 0.4) is 0 Å². The molecule has 0 unspecified atom stereocenters. The molecule has 212 valence electrons. The largest absolute Gasteiger partial charge is 0.379 e. The van der Waals surface area contributed by atoms with Crippen molar-refractivity contribution in [2.45, 2.75) is 19.4 Å². The molecule has 0 atom stereocenters. The quantitative estimate of drug-likeness (QED) is 0.0998. The van der Waals surface area contributed by atoms with Gasteiger partial charge in [-0.25, -0.2) is 0 Å². The van der Waals surface area contributed by atoms with E-state index in [2.05, 4.69) is 27.2 Å². The van der Waals surface area contributed by atoms with Crippen LogP contribution in [0.15, 0.2) is 53.6 Å². The van der Waals surface area contributed by atoms with Gasteiger partial charge in [0.2, 0.25) is 11.8 Å². The SMILES string of the molecule is [N-]=[N+]=NCCOCCOCCOCCOCCC(=O)NCCC(=O)N1Cc2ccccc2C#Cc2ccccc21. The Bertz CT molecular complexity index is 1200. The number of anilines is 1. The normalized spacial score (nSPS) is 11.7. The maximum Gasteiger partial charge on any atom is 0.229 e. The molecule has 0 bridgehead atoms. The van der Waals surface area contributed by atoms with Crippen LogP contribution in [0.1, 0.15) is 29.5 Å². The summed E-state index contributed by atoms with van der Waals surface area (Å²) in [4.78, 5) is 29.7. The zero-order valence-electron chi connectivity index (χ0n) is 22.5. The summed E-state index contributed by atoms with van der Waals surface area (Å²) in [5.41, 5.74) is 11.6. The molecule has 1 heterocycles. The van der Waals surface area contributed by atoms with E-state index in [9.17, 15) is 9.59 Å². The van der Waals surface area contributed by atoms with Crippen molar-refractivity contribution in [3.8, 4) is 11.8 Å². The van der Waals surface area contributed by atoms with Gasteiger partial charge in [0.1, 0.15) is 0 Å². The molecule has 0 aliphatic carbocycles. The molecule has 3 rings (SSSR count). The van der Waals surface area contributed by atoms with Gasteiger partial charge in [-0.2, -0.15) is 0 Å². The minimum atomic E-state index is -0.173. The second kappa shape index (κ2) is 18.4. The lowest BCUT2D eigenvalue weighted by atomic mass is 10.0. The molecular formula is C29H35N5O6. The van der Waals surface area contributed by atoms with Crippen LogP contribution < -0.4 is 10.2 Å². The molecule has 1 aliphatic heterocycles. The topological polar surface area (TPSA) is 135 Å². The Morgan fingerprint density at radius 3 is 2.15 bits per heavy atom. The van der Waals surface area contributed by atoms with E-state index >= 15 is 0 Å². The number of nitrogens with zero attached hydrogens (tertiary/aromatic N) is 4. The van der Waals surface area contributed by atoms with E-state index in [0.29, 0.717) is 59.3 Å². The van der Waals surface area contributed by atoms with Gasteiger partial charge in [-0.15, -0.1) is 0 Å². The predicted octanol–water partition coefficient (Wildman–Crippen LogP) is 3.21. The summed E-state index contributed by atoms with van der Waals surface area (Å²) in [7, 11) is 0. The third-order valence-corrected chi connectivity index (χ3v) is 5.82. The van der Waals surface area contributed by atoms with Gasteiger partial charge in [0, 0.05) is 42.0 Å². The average molecular weight is 550 g/mol. The van der Waals surface area contributed by atoms with Gasteiger partial charge < -0.3 is 29.2 Å². The molecule has 0 fully saturated rings. The second-order valence-electron chi connectivity index (χ2n) is 8.66. The molecule has 40 heavy (non-hydrogen) atoms. The number of hydrogen-bond donors (Lipinski definition) is 1. The molecule has 0 saturated heterocycles. The standard InChI is InChI=1S/C29H35N5O6/c30-33-32-14-16-38-18-20-40-22-21-39-19-17-37-15-12-28(35)31-13-11-29(36)34-23-26-7-2-1-5-24(26)9-10-25-6-3-4-8-27(25)34/h1-8H,11-23H2,(H,31,35). The highest BCUT2D eigenvalue weighted by Crippen LogP contribution is 2.25. The fourth-order valence-electron chi connectivity index (χ4n) is 3.82. The third kappa shape index (κ3) is 11.1. The summed E-state index contributed by atoms with van der Waals surface area (Å²) >= 11 is 0. The number of fused-ring (bicyclic) bond motifs is 2. The maximum atomic E-state index is 13.2. The molecule has 1 aliphatic rings. The lowest BCUT2D eigenvalue weighted by Crippen LogP contribution is -2.35. The Balaban J connectivity index is 1.25. The van der Waals surface area contributed by atoms with Crippen LogP contribution >= 0.6 is 0 Å². The smallest absolute Gasteiger partial charge is 0.229 e. The first-order valence-corrected chi connectivity index (χ1v) is 13.3. The number of nitrogens with one attached hydrogen (secondary N) is 1. The Morgan fingerprint density at radius 1 is 0.825 bits per heavy atom. The summed E-state index contributed by atoms with van der Waals surface area (Å²) < 4.78 is 21.4. The number of para-hydroxylation sites is 1. The summed E-state index contributed by atoms with van der Waals surface area (Å²) in [6.07, 6.45) is 0.376. The number of ether oxygens (including phenoxy) is 4. The number of benzene rings is 2. The van der Waals surface area contributed by atoms with Crippen molar-refractivity contribution < 1.29 is 28.5 Å². The van der Waals surface area contributed by atoms with Gasteiger partial charge in [-0.05, 0) is 29.3 Å². The molecule has 2 amide bonds. The maximum absolute atomic E-state index is 13.2. The van der Waals surface area contributed by atoms with Gasteiger partial charge in [-0.3, -0.25) is 9.59 Å². The number of hydrogen-bond acceptors (Lipinski definition) is 7. The predicted molar refractivity (Wildman–Crippen MR) is 150 cm³/mol. The lowest BCUT2D eigenvalue weighted by molar-refractivity contribution is -0.122. The minimum absolute atomic E-state index is 0.0820. The highest BCUT2D eigenvalue weighted by atomic mass is 16.6. The van der Waals surface area contributed by atoms with Crippen LogP contribution in [0.5, 0.6) is 0 Å². The number of rotatable bonds is 18. The van der Waals surface area contributed by atoms with Crippen molar-refractivity contribution in [2.24, 2.45) is 5.11 Å². The van der Waals surface area contributed by atoms with Crippen LogP contribution in [-0.2, 0) is 35.1 Å². The van der Waals surface area contributed by atoms with E-state index < -0.39 is 0 Å². The molecular weight excluding hydrogens is 514 g/mol. The molecule has 11 heteroatoms. The van der Waals surface area contributed by atoms with Crippen molar-refractivity contribution in [3.05, 3.63) is 75.7 Å². The lowest BCUT2D eigenvalue weighted by Gasteiger charge is -2.26. The molecule has 0 saturated carbocycles. The van der Waals surface area contributed by atoms with Crippen molar-refractivity contribution >= 4 is 17.5 Å². The molecule has 11 nitrogen and oxygen atoms in total. The number of carbonyl (C=O) groups excluding carboxylic acids is 2. The molecule has 2 aromatic carbocycles. The minimum Gasteiger partial charge on any atom is -0.379 e. The van der Waals surface area contributed by atoms with Crippen LogP contribution in [0.25, 0.3) is 10.4 Å². The highest BCUT2D eigenvalue weighted by Gasteiger charge is 2.21. The number of azide groups is 1. The fraction of sp³-hybridized carbons (Fsp3) is 0.448. The van der Waals surface area contributed by atoms with E-state index in [0.717, 1.165) is 22.4 Å². The number of amides is 2. The Kier molecular flexibility index (Phi) is 14.1. The third-order valence-electron chi connectivity index (χ3n) is 5.82. The zero-order chi connectivity index (χ0) is 28.3. The van der Waals surface area contributed by atoms with E-state index in [4.69, 9.17) is 24.5 Å². The van der Waals surface area contributed by atoms with Crippen LogP contribution in [0.4, 0.5) is 5.69 Å². The Hall–Kier alpha value is -3.91. The Morgan fingerprint density at radius 2 is 1.43 bits per heavy atom. The molecule has 0 aromatic heterocycles. The van der Waals surface area contributed by atoms with Gasteiger partial charge >= 0.3 is 0 Å². The first-order chi connectivity index (χ1) is 19.7. The molecule has 0 spiro atoms. The molecule has 2 aromatic rings. The average Bonchev–Trinajstić information content (AvgIpc) is 2.96.